The fourth-order valence-corrected chi connectivity index (χ4v) is 3.06. The third-order valence-corrected chi connectivity index (χ3v) is 4.56. The Balaban J connectivity index is 1.76. The van der Waals surface area contributed by atoms with Gasteiger partial charge in [0.2, 0.25) is 0 Å². The highest BCUT2D eigenvalue weighted by Gasteiger charge is 2.16. The number of carbonyl (C=O) groups excluding carboxylic acids is 1. The van der Waals surface area contributed by atoms with E-state index in [0.717, 1.165) is 38.8 Å². The van der Waals surface area contributed by atoms with Crippen molar-refractivity contribution in [3.63, 3.8) is 0 Å². The molecular weight excluding hydrogens is 302 g/mol. The Bertz CT molecular complexity index is 319. The zero-order chi connectivity index (χ0) is 17.7. The van der Waals surface area contributed by atoms with Crippen molar-refractivity contribution in [1.29, 1.82) is 0 Å². The first kappa shape index (κ1) is 21.3. The lowest BCUT2D eigenvalue weighted by Crippen LogP contribution is -2.24. The Morgan fingerprint density at radius 3 is 1.88 bits per heavy atom. The minimum atomic E-state index is -0.535. The standard InChI is InChI=1S/C20H39NO3/c1-20(2,3)15-11-9-7-5-4-6-8-10-14-18-23-19(22)24-21-16-12-13-17-21/h4-18H2,1-3H3. The van der Waals surface area contributed by atoms with Gasteiger partial charge in [0.1, 0.15) is 0 Å². The van der Waals surface area contributed by atoms with E-state index >= 15 is 0 Å². The lowest BCUT2D eigenvalue weighted by atomic mass is 9.89. The molecule has 0 atom stereocenters. The highest BCUT2D eigenvalue weighted by molar-refractivity contribution is 5.59. The van der Waals surface area contributed by atoms with E-state index in [1.54, 1.807) is 5.06 Å². The molecule has 0 aromatic heterocycles. The zero-order valence-corrected chi connectivity index (χ0v) is 16.3. The minimum Gasteiger partial charge on any atom is -0.433 e. The zero-order valence-electron chi connectivity index (χ0n) is 16.3. The molecule has 0 bridgehead atoms. The average molecular weight is 342 g/mol. The van der Waals surface area contributed by atoms with Crippen LogP contribution in [0.25, 0.3) is 0 Å². The highest BCUT2D eigenvalue weighted by Crippen LogP contribution is 2.22. The van der Waals surface area contributed by atoms with Crippen molar-refractivity contribution in [2.75, 3.05) is 19.7 Å². The Morgan fingerprint density at radius 1 is 0.833 bits per heavy atom. The van der Waals surface area contributed by atoms with Crippen molar-refractivity contribution < 1.29 is 14.4 Å². The van der Waals surface area contributed by atoms with Gasteiger partial charge in [-0.2, -0.15) is 0 Å². The summed E-state index contributed by atoms with van der Waals surface area (Å²) in [5, 5.41) is 1.70. The van der Waals surface area contributed by atoms with Crippen molar-refractivity contribution in [2.24, 2.45) is 5.41 Å². The van der Waals surface area contributed by atoms with Crippen LogP contribution in [0, 0.1) is 5.41 Å². The summed E-state index contributed by atoms with van der Waals surface area (Å²) in [5.41, 5.74) is 0.489. The van der Waals surface area contributed by atoms with Gasteiger partial charge in [0.05, 0.1) is 6.61 Å². The average Bonchev–Trinajstić information content (AvgIpc) is 3.00. The van der Waals surface area contributed by atoms with E-state index in [-0.39, 0.29) is 0 Å². The van der Waals surface area contributed by atoms with Crippen LogP contribution in [0.15, 0.2) is 0 Å². The molecule has 0 aliphatic carbocycles. The molecule has 24 heavy (non-hydrogen) atoms. The first-order chi connectivity index (χ1) is 11.5. The third-order valence-electron chi connectivity index (χ3n) is 4.56. The number of hydrogen-bond acceptors (Lipinski definition) is 4. The van der Waals surface area contributed by atoms with E-state index in [0.29, 0.717) is 12.0 Å². The van der Waals surface area contributed by atoms with Gasteiger partial charge in [-0.15, -0.1) is 5.06 Å². The number of carbonyl (C=O) groups is 1. The lowest BCUT2D eigenvalue weighted by Gasteiger charge is -2.17. The predicted octanol–water partition coefficient (Wildman–Crippen LogP) is 6.10. The van der Waals surface area contributed by atoms with Gasteiger partial charge in [0.15, 0.2) is 0 Å². The topological polar surface area (TPSA) is 38.8 Å². The van der Waals surface area contributed by atoms with Crippen LogP contribution in [0.2, 0.25) is 0 Å². The molecule has 1 rings (SSSR count). The molecular formula is C20H39NO3. The Kier molecular flexibility index (Phi) is 11.1. The summed E-state index contributed by atoms with van der Waals surface area (Å²) in [4.78, 5) is 16.5. The van der Waals surface area contributed by atoms with Gasteiger partial charge in [0, 0.05) is 13.1 Å². The van der Waals surface area contributed by atoms with E-state index < -0.39 is 6.16 Å². The van der Waals surface area contributed by atoms with Gasteiger partial charge in [-0.3, -0.25) is 0 Å². The van der Waals surface area contributed by atoms with E-state index in [9.17, 15) is 4.79 Å². The first-order valence-electron chi connectivity index (χ1n) is 10.1. The van der Waals surface area contributed by atoms with Crippen LogP contribution in [0.3, 0.4) is 0 Å². The molecule has 4 heteroatoms. The molecule has 0 N–H and O–H groups in total. The fraction of sp³-hybridized carbons (Fsp3) is 0.950. The van der Waals surface area contributed by atoms with E-state index in [1.807, 2.05) is 0 Å². The van der Waals surface area contributed by atoms with E-state index in [1.165, 1.54) is 51.4 Å². The van der Waals surface area contributed by atoms with Crippen molar-refractivity contribution in [2.45, 2.75) is 97.8 Å². The quantitative estimate of drug-likeness (QED) is 0.318. The van der Waals surface area contributed by atoms with Gasteiger partial charge in [-0.05, 0) is 31.1 Å². The van der Waals surface area contributed by atoms with Gasteiger partial charge in [-0.25, -0.2) is 4.79 Å². The lowest BCUT2D eigenvalue weighted by molar-refractivity contribution is -0.112. The maximum absolute atomic E-state index is 11.4. The molecule has 0 amide bonds. The second-order valence-corrected chi connectivity index (χ2v) is 8.32. The first-order valence-corrected chi connectivity index (χ1v) is 10.1. The molecule has 0 saturated carbocycles. The van der Waals surface area contributed by atoms with Crippen molar-refractivity contribution in [3.05, 3.63) is 0 Å². The SMILES string of the molecule is CC(C)(C)CCCCCCCCCCCOC(=O)ON1CCCC1. The summed E-state index contributed by atoms with van der Waals surface area (Å²) in [6.07, 6.45) is 14.5. The molecule has 0 spiro atoms. The van der Waals surface area contributed by atoms with Crippen LogP contribution >= 0.6 is 0 Å². The molecule has 0 radical (unpaired) electrons. The number of ether oxygens (including phenoxy) is 1. The van der Waals surface area contributed by atoms with Crippen LogP contribution in [-0.4, -0.2) is 30.9 Å². The van der Waals surface area contributed by atoms with E-state index in [2.05, 4.69) is 20.8 Å². The fourth-order valence-electron chi connectivity index (χ4n) is 3.06. The Hall–Kier alpha value is -0.770. The summed E-state index contributed by atoms with van der Waals surface area (Å²) in [5.74, 6) is 0. The molecule has 1 aliphatic rings. The maximum atomic E-state index is 11.4. The van der Waals surface area contributed by atoms with Gasteiger partial charge in [0.25, 0.3) is 0 Å². The van der Waals surface area contributed by atoms with Crippen molar-refractivity contribution >= 4 is 6.16 Å². The molecule has 1 saturated heterocycles. The molecule has 142 valence electrons. The molecule has 1 heterocycles. The van der Waals surface area contributed by atoms with Crippen LogP contribution in [0.5, 0.6) is 0 Å². The number of hydroxylamine groups is 2. The smallest absolute Gasteiger partial charge is 0.433 e. The van der Waals surface area contributed by atoms with Gasteiger partial charge >= 0.3 is 6.16 Å². The second-order valence-electron chi connectivity index (χ2n) is 8.32. The number of nitrogens with zero attached hydrogens (tertiary/aromatic N) is 1. The van der Waals surface area contributed by atoms with Crippen LogP contribution in [-0.2, 0) is 9.57 Å². The summed E-state index contributed by atoms with van der Waals surface area (Å²) in [7, 11) is 0. The summed E-state index contributed by atoms with van der Waals surface area (Å²) in [6.45, 7) is 9.13. The Morgan fingerprint density at radius 2 is 1.33 bits per heavy atom. The number of unbranched alkanes of at least 4 members (excludes halogenated alkanes) is 8. The maximum Gasteiger partial charge on any atom is 0.527 e. The minimum absolute atomic E-state index is 0.486. The summed E-state index contributed by atoms with van der Waals surface area (Å²) in [6, 6.07) is 0. The van der Waals surface area contributed by atoms with Gasteiger partial charge in [-0.1, -0.05) is 72.1 Å². The van der Waals surface area contributed by atoms with Gasteiger partial charge < -0.3 is 9.57 Å². The molecule has 0 unspecified atom stereocenters. The van der Waals surface area contributed by atoms with Crippen molar-refractivity contribution in [1.82, 2.24) is 5.06 Å². The summed E-state index contributed by atoms with van der Waals surface area (Å²) < 4.78 is 5.10. The largest absolute Gasteiger partial charge is 0.527 e. The van der Waals surface area contributed by atoms with Crippen LogP contribution in [0.1, 0.15) is 97.8 Å². The van der Waals surface area contributed by atoms with Crippen LogP contribution < -0.4 is 0 Å². The molecule has 0 aromatic rings. The number of hydrogen-bond donors (Lipinski definition) is 0. The molecule has 1 fully saturated rings. The second kappa shape index (κ2) is 12.6. The molecule has 0 aromatic carbocycles. The third kappa shape index (κ3) is 12.6. The predicted molar refractivity (Wildman–Crippen MR) is 98.9 cm³/mol. The highest BCUT2D eigenvalue weighted by atomic mass is 16.8. The monoisotopic (exact) mass is 341 g/mol. The number of rotatable bonds is 12. The Labute approximate surface area is 149 Å². The van der Waals surface area contributed by atoms with Crippen LogP contribution in [0.4, 0.5) is 4.79 Å². The normalized spacial score (nSPS) is 15.6. The van der Waals surface area contributed by atoms with E-state index in [4.69, 9.17) is 9.57 Å². The van der Waals surface area contributed by atoms with Crippen molar-refractivity contribution in [3.8, 4) is 0 Å². The molecule has 1 aliphatic heterocycles. The molecule has 4 nitrogen and oxygen atoms in total. The summed E-state index contributed by atoms with van der Waals surface area (Å²) >= 11 is 0.